The molecule has 3 heteroatoms. The molecule has 2 aromatic rings. The highest BCUT2D eigenvalue weighted by atomic mass is 32.1. The maximum atomic E-state index is 10.5. The first-order valence-electron chi connectivity index (χ1n) is 7.72. The molecule has 21 heavy (non-hydrogen) atoms. The fraction of sp³-hybridized carbons (Fsp3) is 0.444. The molecule has 1 aliphatic carbocycles. The van der Waals surface area contributed by atoms with Crippen LogP contribution in [-0.2, 0) is 6.54 Å². The van der Waals surface area contributed by atoms with Gasteiger partial charge >= 0.3 is 0 Å². The Hall–Kier alpha value is -1.16. The highest BCUT2D eigenvalue weighted by molar-refractivity contribution is 7.07. The zero-order valence-electron chi connectivity index (χ0n) is 12.5. The molecule has 0 amide bonds. The summed E-state index contributed by atoms with van der Waals surface area (Å²) >= 11 is 1.76. The Morgan fingerprint density at radius 2 is 2.00 bits per heavy atom. The fourth-order valence-corrected chi connectivity index (χ4v) is 3.51. The number of nitrogens with zero attached hydrogens (tertiary/aromatic N) is 1. The van der Waals surface area contributed by atoms with Gasteiger partial charge in [0, 0.05) is 19.1 Å². The summed E-state index contributed by atoms with van der Waals surface area (Å²) in [7, 11) is 0. The molecule has 3 rings (SSSR count). The van der Waals surface area contributed by atoms with Crippen LogP contribution in [0.2, 0.25) is 0 Å². The van der Waals surface area contributed by atoms with Crippen molar-refractivity contribution in [3.63, 3.8) is 0 Å². The van der Waals surface area contributed by atoms with E-state index in [1.807, 2.05) is 30.3 Å². The van der Waals surface area contributed by atoms with Crippen molar-refractivity contribution in [2.75, 3.05) is 6.54 Å². The van der Waals surface area contributed by atoms with Crippen molar-refractivity contribution in [2.45, 2.75) is 38.5 Å². The van der Waals surface area contributed by atoms with Crippen molar-refractivity contribution in [1.82, 2.24) is 4.90 Å². The van der Waals surface area contributed by atoms with Crippen LogP contribution < -0.4 is 0 Å². The zero-order valence-corrected chi connectivity index (χ0v) is 13.3. The molecule has 1 aromatic heterocycles. The fourth-order valence-electron chi connectivity index (χ4n) is 2.85. The molecule has 0 bridgehead atoms. The van der Waals surface area contributed by atoms with Crippen LogP contribution in [0.5, 0.6) is 0 Å². The van der Waals surface area contributed by atoms with Gasteiger partial charge in [-0.3, -0.25) is 4.90 Å². The summed E-state index contributed by atoms with van der Waals surface area (Å²) in [6.45, 7) is 4.12. The Labute approximate surface area is 131 Å². The van der Waals surface area contributed by atoms with Crippen molar-refractivity contribution < 1.29 is 5.11 Å². The number of aliphatic hydroxyl groups excluding tert-OH is 1. The first-order valence-corrected chi connectivity index (χ1v) is 8.66. The third kappa shape index (κ3) is 3.94. The lowest BCUT2D eigenvalue weighted by molar-refractivity contribution is 0.0833. The van der Waals surface area contributed by atoms with E-state index in [1.54, 1.807) is 11.3 Å². The molecular formula is C18H23NOS. The molecule has 1 aliphatic rings. The molecule has 2 unspecified atom stereocenters. The van der Waals surface area contributed by atoms with Crippen molar-refractivity contribution >= 4 is 11.3 Å². The first kappa shape index (κ1) is 14.8. The molecule has 2 atom stereocenters. The molecule has 2 nitrogen and oxygen atoms in total. The molecule has 1 heterocycles. The van der Waals surface area contributed by atoms with E-state index in [0.717, 1.165) is 24.7 Å². The molecule has 0 radical (unpaired) electrons. The second-order valence-corrected chi connectivity index (χ2v) is 6.91. The van der Waals surface area contributed by atoms with Gasteiger partial charge in [0.05, 0.1) is 6.10 Å². The van der Waals surface area contributed by atoms with Gasteiger partial charge in [0.1, 0.15) is 0 Å². The van der Waals surface area contributed by atoms with Gasteiger partial charge in [-0.25, -0.2) is 0 Å². The third-order valence-corrected chi connectivity index (χ3v) is 4.96. The van der Waals surface area contributed by atoms with Crippen molar-refractivity contribution in [2.24, 2.45) is 5.92 Å². The maximum Gasteiger partial charge on any atom is 0.0827 e. The van der Waals surface area contributed by atoms with Gasteiger partial charge in [-0.05, 0) is 46.7 Å². The molecule has 0 spiro atoms. The average Bonchev–Trinajstić information content (AvgIpc) is 3.24. The lowest BCUT2D eigenvalue weighted by atomic mass is 9.96. The first-order chi connectivity index (χ1) is 10.2. The third-order valence-electron chi connectivity index (χ3n) is 4.23. The second kappa shape index (κ2) is 6.73. The Kier molecular flexibility index (Phi) is 4.73. The van der Waals surface area contributed by atoms with Crippen molar-refractivity contribution in [1.29, 1.82) is 0 Å². The molecule has 1 saturated carbocycles. The van der Waals surface area contributed by atoms with Gasteiger partial charge in [-0.15, -0.1) is 0 Å². The molecular weight excluding hydrogens is 278 g/mol. The molecule has 1 fully saturated rings. The molecule has 1 N–H and O–H groups in total. The van der Waals surface area contributed by atoms with Crippen molar-refractivity contribution in [3.05, 3.63) is 58.3 Å². The lowest BCUT2D eigenvalue weighted by Gasteiger charge is -2.28. The topological polar surface area (TPSA) is 23.5 Å². The molecule has 1 aromatic carbocycles. The van der Waals surface area contributed by atoms with E-state index in [1.165, 1.54) is 18.4 Å². The van der Waals surface area contributed by atoms with E-state index in [4.69, 9.17) is 0 Å². The summed E-state index contributed by atoms with van der Waals surface area (Å²) < 4.78 is 0. The summed E-state index contributed by atoms with van der Waals surface area (Å²) in [5, 5.41) is 14.9. The normalized spacial score (nSPS) is 17.9. The molecule has 0 aliphatic heterocycles. The Balaban J connectivity index is 1.62. The Morgan fingerprint density at radius 3 is 2.62 bits per heavy atom. The minimum Gasteiger partial charge on any atom is -0.388 e. The largest absolute Gasteiger partial charge is 0.388 e. The van der Waals surface area contributed by atoms with E-state index in [0.29, 0.717) is 0 Å². The van der Waals surface area contributed by atoms with Crippen LogP contribution in [0.25, 0.3) is 0 Å². The van der Waals surface area contributed by atoms with Crippen LogP contribution in [-0.4, -0.2) is 22.6 Å². The van der Waals surface area contributed by atoms with E-state index in [2.05, 4.69) is 28.7 Å². The van der Waals surface area contributed by atoms with Gasteiger partial charge in [0.2, 0.25) is 0 Å². The Morgan fingerprint density at radius 1 is 1.24 bits per heavy atom. The van der Waals surface area contributed by atoms with Gasteiger partial charge in [0.25, 0.3) is 0 Å². The molecule has 112 valence electrons. The summed E-state index contributed by atoms with van der Waals surface area (Å²) in [6.07, 6.45) is 2.23. The van der Waals surface area contributed by atoms with Gasteiger partial charge in [0.15, 0.2) is 0 Å². The number of thiophene rings is 1. The Bertz CT molecular complexity index is 536. The second-order valence-electron chi connectivity index (χ2n) is 6.13. The van der Waals surface area contributed by atoms with E-state index in [-0.39, 0.29) is 12.0 Å². The van der Waals surface area contributed by atoms with Gasteiger partial charge in [-0.2, -0.15) is 11.3 Å². The summed E-state index contributed by atoms with van der Waals surface area (Å²) in [4.78, 5) is 2.54. The monoisotopic (exact) mass is 301 g/mol. The van der Waals surface area contributed by atoms with Gasteiger partial charge in [-0.1, -0.05) is 37.3 Å². The number of hydrogen-bond donors (Lipinski definition) is 1. The summed E-state index contributed by atoms with van der Waals surface area (Å²) in [5.74, 6) is 0.242. The molecule has 0 saturated heterocycles. The van der Waals surface area contributed by atoms with E-state index in [9.17, 15) is 5.11 Å². The van der Waals surface area contributed by atoms with Crippen LogP contribution in [0.1, 0.15) is 37.0 Å². The summed E-state index contributed by atoms with van der Waals surface area (Å²) in [6, 6.07) is 12.9. The standard InChI is InChI=1S/C18H23NOS/c1-14(18(20)16-5-3-2-4-6-16)11-19(17-7-8-17)12-15-9-10-21-13-15/h2-6,9-10,13-14,17-18,20H,7-8,11-12H2,1H3. The number of benzene rings is 1. The van der Waals surface area contributed by atoms with Crippen LogP contribution in [0.4, 0.5) is 0 Å². The number of aliphatic hydroxyl groups is 1. The number of hydrogen-bond acceptors (Lipinski definition) is 3. The highest BCUT2D eigenvalue weighted by Gasteiger charge is 2.31. The quantitative estimate of drug-likeness (QED) is 0.833. The smallest absolute Gasteiger partial charge is 0.0827 e. The average molecular weight is 301 g/mol. The number of rotatable bonds is 7. The van der Waals surface area contributed by atoms with Crippen LogP contribution in [0, 0.1) is 5.92 Å². The zero-order chi connectivity index (χ0) is 14.7. The van der Waals surface area contributed by atoms with E-state index < -0.39 is 0 Å². The minimum atomic E-state index is -0.380. The van der Waals surface area contributed by atoms with E-state index >= 15 is 0 Å². The summed E-state index contributed by atoms with van der Waals surface area (Å²) in [5.41, 5.74) is 2.42. The maximum absolute atomic E-state index is 10.5. The lowest BCUT2D eigenvalue weighted by Crippen LogP contribution is -2.32. The van der Waals surface area contributed by atoms with Gasteiger partial charge < -0.3 is 5.11 Å². The highest BCUT2D eigenvalue weighted by Crippen LogP contribution is 2.31. The minimum absolute atomic E-state index is 0.242. The van der Waals surface area contributed by atoms with Crippen LogP contribution in [0.15, 0.2) is 47.2 Å². The van der Waals surface area contributed by atoms with Crippen LogP contribution in [0.3, 0.4) is 0 Å². The SMILES string of the molecule is CC(CN(Cc1ccsc1)C1CC1)C(O)c1ccccc1. The predicted octanol–water partition coefficient (Wildman–Crippen LogP) is 4.08. The van der Waals surface area contributed by atoms with Crippen LogP contribution >= 0.6 is 11.3 Å². The predicted molar refractivity (Wildman–Crippen MR) is 88.3 cm³/mol. The van der Waals surface area contributed by atoms with Crippen molar-refractivity contribution in [3.8, 4) is 0 Å².